The maximum absolute atomic E-state index is 11.9. The highest BCUT2D eigenvalue weighted by Crippen LogP contribution is 2.11. The highest BCUT2D eigenvalue weighted by atomic mass is 16.4. The van der Waals surface area contributed by atoms with Gasteiger partial charge in [0.15, 0.2) is 0 Å². The minimum atomic E-state index is -1.05. The quantitative estimate of drug-likeness (QED) is 0.788. The minimum absolute atomic E-state index is 0.0173. The molecule has 1 unspecified atom stereocenters. The molecule has 0 bridgehead atoms. The van der Waals surface area contributed by atoms with Crippen LogP contribution in [-0.2, 0) is 14.4 Å². The van der Waals surface area contributed by atoms with Gasteiger partial charge in [-0.3, -0.25) is 9.59 Å². The predicted molar refractivity (Wildman–Crippen MR) is 74.1 cm³/mol. The number of carboxylic acids is 1. The summed E-state index contributed by atoms with van der Waals surface area (Å²) in [6.07, 6.45) is 4.35. The summed E-state index contributed by atoms with van der Waals surface area (Å²) in [7, 11) is 0. The van der Waals surface area contributed by atoms with Crippen molar-refractivity contribution in [1.29, 1.82) is 0 Å². The molecule has 1 heterocycles. The van der Waals surface area contributed by atoms with Crippen LogP contribution in [0.25, 0.3) is 0 Å². The van der Waals surface area contributed by atoms with Gasteiger partial charge in [-0.15, -0.1) is 0 Å². The molecule has 6 heteroatoms. The summed E-state index contributed by atoms with van der Waals surface area (Å²) in [5.74, 6) is -1.66. The van der Waals surface area contributed by atoms with Crippen molar-refractivity contribution in [2.24, 2.45) is 5.92 Å². The topological polar surface area (TPSA) is 86.7 Å². The Morgan fingerprint density at radius 2 is 1.90 bits per heavy atom. The third-order valence-electron chi connectivity index (χ3n) is 3.51. The van der Waals surface area contributed by atoms with Gasteiger partial charge < -0.3 is 15.3 Å². The molecule has 0 saturated carbocycles. The summed E-state index contributed by atoms with van der Waals surface area (Å²) in [5.41, 5.74) is 0. The molecule has 1 aliphatic rings. The van der Waals surface area contributed by atoms with Crippen molar-refractivity contribution in [1.82, 2.24) is 10.2 Å². The van der Waals surface area contributed by atoms with Gasteiger partial charge >= 0.3 is 5.97 Å². The zero-order chi connectivity index (χ0) is 15.1. The third-order valence-corrected chi connectivity index (χ3v) is 3.51. The zero-order valence-corrected chi connectivity index (χ0v) is 12.2. The number of nitrogens with zero attached hydrogens (tertiary/aromatic N) is 1. The molecule has 0 aliphatic carbocycles. The van der Waals surface area contributed by atoms with E-state index in [1.807, 2.05) is 0 Å². The number of aliphatic carboxylic acids is 1. The lowest BCUT2D eigenvalue weighted by Crippen LogP contribution is -2.49. The van der Waals surface area contributed by atoms with Crippen LogP contribution in [-0.4, -0.2) is 46.9 Å². The summed E-state index contributed by atoms with van der Waals surface area (Å²) in [5, 5.41) is 11.5. The maximum atomic E-state index is 11.9. The molecular weight excluding hydrogens is 260 g/mol. The molecule has 6 nitrogen and oxygen atoms in total. The van der Waals surface area contributed by atoms with Gasteiger partial charge in [-0.25, -0.2) is 4.79 Å². The summed E-state index contributed by atoms with van der Waals surface area (Å²) in [4.78, 5) is 36.4. The number of amides is 2. The molecule has 0 spiro atoms. The van der Waals surface area contributed by atoms with Gasteiger partial charge in [-0.05, 0) is 18.8 Å². The van der Waals surface area contributed by atoms with Crippen molar-refractivity contribution in [3.8, 4) is 0 Å². The smallest absolute Gasteiger partial charge is 0.326 e. The Morgan fingerprint density at radius 3 is 2.50 bits per heavy atom. The highest BCUT2D eigenvalue weighted by Gasteiger charge is 2.25. The van der Waals surface area contributed by atoms with E-state index in [4.69, 9.17) is 5.11 Å². The van der Waals surface area contributed by atoms with Crippen molar-refractivity contribution in [3.63, 3.8) is 0 Å². The number of carboxylic acid groups (broad SMARTS) is 1. The van der Waals surface area contributed by atoms with Crippen LogP contribution in [0.3, 0.4) is 0 Å². The first-order chi connectivity index (χ1) is 9.41. The fourth-order valence-corrected chi connectivity index (χ4v) is 2.29. The molecule has 0 aromatic rings. The molecule has 1 atom stereocenters. The number of rotatable bonds is 5. The highest BCUT2D eigenvalue weighted by molar-refractivity contribution is 5.88. The average molecular weight is 284 g/mol. The van der Waals surface area contributed by atoms with Crippen molar-refractivity contribution >= 4 is 17.8 Å². The second-order valence-corrected chi connectivity index (χ2v) is 5.61. The van der Waals surface area contributed by atoms with Gasteiger partial charge in [0.2, 0.25) is 11.8 Å². The van der Waals surface area contributed by atoms with Crippen LogP contribution in [0.15, 0.2) is 0 Å². The number of hydrogen-bond donors (Lipinski definition) is 2. The fraction of sp³-hybridized carbons (Fsp3) is 0.786. The first-order valence-electron chi connectivity index (χ1n) is 7.21. The molecule has 0 aromatic carbocycles. The van der Waals surface area contributed by atoms with Gasteiger partial charge in [0.25, 0.3) is 0 Å². The Kier molecular flexibility index (Phi) is 6.48. The van der Waals surface area contributed by atoms with E-state index in [0.717, 1.165) is 25.7 Å². The fourth-order valence-electron chi connectivity index (χ4n) is 2.29. The van der Waals surface area contributed by atoms with E-state index < -0.39 is 17.9 Å². The van der Waals surface area contributed by atoms with Crippen LogP contribution in [0.1, 0.15) is 46.0 Å². The third kappa shape index (κ3) is 5.19. The van der Waals surface area contributed by atoms with Crippen LogP contribution < -0.4 is 5.32 Å². The van der Waals surface area contributed by atoms with Crippen molar-refractivity contribution in [2.75, 3.05) is 13.1 Å². The van der Waals surface area contributed by atoms with Crippen molar-refractivity contribution in [2.45, 2.75) is 52.0 Å². The van der Waals surface area contributed by atoms with Crippen LogP contribution >= 0.6 is 0 Å². The largest absolute Gasteiger partial charge is 0.480 e. The van der Waals surface area contributed by atoms with Gasteiger partial charge in [0.1, 0.15) is 6.04 Å². The van der Waals surface area contributed by atoms with E-state index in [9.17, 15) is 14.4 Å². The monoisotopic (exact) mass is 284 g/mol. The molecule has 1 aliphatic heterocycles. The molecule has 2 N–H and O–H groups in total. The number of nitrogens with one attached hydrogen (secondary N) is 1. The molecular formula is C14H24N2O4. The first kappa shape index (κ1) is 16.5. The zero-order valence-electron chi connectivity index (χ0n) is 12.2. The Hall–Kier alpha value is -1.59. The van der Waals surface area contributed by atoms with E-state index in [2.05, 4.69) is 5.32 Å². The number of hydrogen-bond acceptors (Lipinski definition) is 3. The van der Waals surface area contributed by atoms with Gasteiger partial charge in [-0.1, -0.05) is 26.7 Å². The van der Waals surface area contributed by atoms with E-state index in [1.165, 1.54) is 4.90 Å². The second-order valence-electron chi connectivity index (χ2n) is 5.61. The molecule has 2 amide bonds. The Balaban J connectivity index is 2.54. The lowest BCUT2D eigenvalue weighted by molar-refractivity contribution is -0.143. The predicted octanol–water partition coefficient (Wildman–Crippen LogP) is 1.00. The summed E-state index contributed by atoms with van der Waals surface area (Å²) >= 11 is 0. The van der Waals surface area contributed by atoms with Crippen LogP contribution in [0.5, 0.6) is 0 Å². The lowest BCUT2D eigenvalue weighted by Gasteiger charge is -2.25. The van der Waals surface area contributed by atoms with Crippen LogP contribution in [0.2, 0.25) is 0 Å². The van der Waals surface area contributed by atoms with Crippen LogP contribution in [0, 0.1) is 5.92 Å². The molecule has 1 rings (SSSR count). The number of likely N-dealkylation sites (tertiary alicyclic amines) is 1. The summed E-state index contributed by atoms with van der Waals surface area (Å²) in [6.45, 7) is 4.00. The minimum Gasteiger partial charge on any atom is -0.480 e. The molecule has 0 radical (unpaired) electrons. The van der Waals surface area contributed by atoms with Crippen LogP contribution in [0.4, 0.5) is 0 Å². The molecule has 114 valence electrons. The van der Waals surface area contributed by atoms with E-state index >= 15 is 0 Å². The standard InChI is InChI=1S/C14H24N2O4/c1-10(2)13(14(19)20)15-11(17)9-16-8-6-4-3-5-7-12(16)18/h10,13H,3-9H2,1-2H3,(H,15,17)(H,19,20). The van der Waals surface area contributed by atoms with E-state index in [0.29, 0.717) is 13.0 Å². The Labute approximate surface area is 119 Å². The maximum Gasteiger partial charge on any atom is 0.326 e. The summed E-state index contributed by atoms with van der Waals surface area (Å²) in [6, 6.07) is -0.910. The van der Waals surface area contributed by atoms with Gasteiger partial charge in [0, 0.05) is 13.0 Å². The van der Waals surface area contributed by atoms with E-state index in [-0.39, 0.29) is 18.4 Å². The number of carbonyl (C=O) groups excluding carboxylic acids is 2. The molecule has 1 fully saturated rings. The Morgan fingerprint density at radius 1 is 1.25 bits per heavy atom. The SMILES string of the molecule is CC(C)C(NC(=O)CN1CCCCCCC1=O)C(=O)O. The van der Waals surface area contributed by atoms with Gasteiger partial charge in [-0.2, -0.15) is 0 Å². The van der Waals surface area contributed by atoms with Gasteiger partial charge in [0.05, 0.1) is 6.54 Å². The molecule has 0 aromatic heterocycles. The molecule has 20 heavy (non-hydrogen) atoms. The summed E-state index contributed by atoms with van der Waals surface area (Å²) < 4.78 is 0. The van der Waals surface area contributed by atoms with E-state index in [1.54, 1.807) is 13.8 Å². The van der Waals surface area contributed by atoms with Crippen molar-refractivity contribution in [3.05, 3.63) is 0 Å². The molecule has 1 saturated heterocycles. The lowest BCUT2D eigenvalue weighted by atomic mass is 10.0. The Bertz CT molecular complexity index is 368. The average Bonchev–Trinajstić information content (AvgIpc) is 2.35. The van der Waals surface area contributed by atoms with Crippen molar-refractivity contribution < 1.29 is 19.5 Å². The first-order valence-corrected chi connectivity index (χ1v) is 7.21. The second kappa shape index (κ2) is 7.87. The normalized spacial score (nSPS) is 18.4. The number of carbonyl (C=O) groups is 3.